The van der Waals surface area contributed by atoms with Gasteiger partial charge in [0.1, 0.15) is 5.66 Å². The van der Waals surface area contributed by atoms with Gasteiger partial charge in [-0.3, -0.25) is 9.69 Å². The topological polar surface area (TPSA) is 58.8 Å². The van der Waals surface area contributed by atoms with Gasteiger partial charge in [-0.15, -0.1) is 0 Å². The Balaban J connectivity index is 1.65. The van der Waals surface area contributed by atoms with E-state index in [1.54, 1.807) is 0 Å². The van der Waals surface area contributed by atoms with Crippen molar-refractivity contribution in [2.45, 2.75) is 12.1 Å². The van der Waals surface area contributed by atoms with Crippen molar-refractivity contribution in [3.05, 3.63) is 90.0 Å². The van der Waals surface area contributed by atoms with Crippen LogP contribution in [0.25, 0.3) is 11.1 Å². The lowest BCUT2D eigenvalue weighted by Gasteiger charge is -2.35. The number of nitrogens with zero attached hydrogens (tertiary/aromatic N) is 2. The fraction of sp³-hybridized carbons (Fsp3) is 0.296. The molecule has 3 aromatic rings. The van der Waals surface area contributed by atoms with Gasteiger partial charge in [-0.1, -0.05) is 66.7 Å². The van der Waals surface area contributed by atoms with E-state index in [9.17, 15) is 4.79 Å². The average molecular weight is 430 g/mol. The van der Waals surface area contributed by atoms with E-state index < -0.39 is 5.66 Å². The standard InChI is InChI=1S/C27H31N3O2/c1-29(2)27(28,20-21-8-4-3-5-9-21)26(31)25-11-7-6-10-24(25)22-12-14-23(15-13-22)30-16-18-32-19-17-30/h3-15H,16-20,28H2,1-2H3. The van der Waals surface area contributed by atoms with Crippen LogP contribution in [0.1, 0.15) is 15.9 Å². The second kappa shape index (κ2) is 9.65. The molecule has 3 aromatic carbocycles. The lowest BCUT2D eigenvalue weighted by molar-refractivity contribution is 0.0692. The highest BCUT2D eigenvalue weighted by atomic mass is 16.5. The normalized spacial score (nSPS) is 16.1. The van der Waals surface area contributed by atoms with E-state index in [4.69, 9.17) is 10.5 Å². The number of hydrogen-bond donors (Lipinski definition) is 1. The van der Waals surface area contributed by atoms with Gasteiger partial charge in [-0.25, -0.2) is 0 Å². The summed E-state index contributed by atoms with van der Waals surface area (Å²) < 4.78 is 5.46. The molecule has 1 heterocycles. The maximum absolute atomic E-state index is 13.8. The Hall–Kier alpha value is -2.99. The molecule has 166 valence electrons. The molecule has 0 amide bonds. The quantitative estimate of drug-likeness (QED) is 0.457. The number of ether oxygens (including phenoxy) is 1. The molecule has 0 saturated carbocycles. The van der Waals surface area contributed by atoms with Crippen LogP contribution < -0.4 is 10.6 Å². The second-order valence-electron chi connectivity index (χ2n) is 8.50. The van der Waals surface area contributed by atoms with Crippen LogP contribution >= 0.6 is 0 Å². The Kier molecular flexibility index (Phi) is 6.70. The number of benzene rings is 3. The molecule has 1 aliphatic rings. The zero-order valence-corrected chi connectivity index (χ0v) is 18.8. The number of ketones is 1. The lowest BCUT2D eigenvalue weighted by atomic mass is 9.87. The number of carbonyl (C=O) groups excluding carboxylic acids is 1. The maximum Gasteiger partial charge on any atom is 0.198 e. The first-order valence-corrected chi connectivity index (χ1v) is 11.1. The molecule has 0 spiro atoms. The van der Waals surface area contributed by atoms with Crippen molar-refractivity contribution in [1.29, 1.82) is 0 Å². The first-order valence-electron chi connectivity index (χ1n) is 11.1. The number of Topliss-reactive ketones (excluding diaryl/α,β-unsaturated/α-hetero) is 1. The van der Waals surface area contributed by atoms with E-state index in [0.717, 1.165) is 43.0 Å². The van der Waals surface area contributed by atoms with E-state index in [2.05, 4.69) is 29.2 Å². The lowest BCUT2D eigenvalue weighted by Crippen LogP contribution is -2.60. The van der Waals surface area contributed by atoms with Crippen LogP contribution in [0.15, 0.2) is 78.9 Å². The molecule has 0 radical (unpaired) electrons. The molecule has 1 saturated heterocycles. The molecule has 0 bridgehead atoms. The van der Waals surface area contributed by atoms with Gasteiger partial charge >= 0.3 is 0 Å². The summed E-state index contributed by atoms with van der Waals surface area (Å²) in [7, 11) is 3.72. The molecule has 1 unspecified atom stereocenters. The fourth-order valence-corrected chi connectivity index (χ4v) is 4.19. The number of carbonyl (C=O) groups is 1. The van der Waals surface area contributed by atoms with Crippen molar-refractivity contribution in [3.8, 4) is 11.1 Å². The molecular formula is C27H31N3O2. The molecule has 5 nitrogen and oxygen atoms in total. The van der Waals surface area contributed by atoms with Gasteiger partial charge < -0.3 is 15.4 Å². The van der Waals surface area contributed by atoms with Crippen molar-refractivity contribution in [2.75, 3.05) is 45.3 Å². The zero-order chi connectivity index (χ0) is 22.6. The molecule has 2 N–H and O–H groups in total. The molecule has 0 aromatic heterocycles. The van der Waals surface area contributed by atoms with Gasteiger partial charge in [0.2, 0.25) is 0 Å². The van der Waals surface area contributed by atoms with Crippen LogP contribution in [0.5, 0.6) is 0 Å². The Morgan fingerprint density at radius 1 is 0.938 bits per heavy atom. The minimum Gasteiger partial charge on any atom is -0.378 e. The Labute approximate surface area is 190 Å². The molecule has 5 heteroatoms. The van der Waals surface area contributed by atoms with E-state index in [1.165, 1.54) is 5.69 Å². The summed E-state index contributed by atoms with van der Waals surface area (Å²) in [4.78, 5) is 18.0. The summed E-state index contributed by atoms with van der Waals surface area (Å²) in [6.45, 7) is 3.30. The minimum absolute atomic E-state index is 0.0841. The van der Waals surface area contributed by atoms with E-state index >= 15 is 0 Å². The van der Waals surface area contributed by atoms with Crippen LogP contribution in [-0.2, 0) is 11.2 Å². The largest absolute Gasteiger partial charge is 0.378 e. The number of hydrogen-bond acceptors (Lipinski definition) is 5. The van der Waals surface area contributed by atoms with Crippen LogP contribution in [0.4, 0.5) is 5.69 Å². The van der Waals surface area contributed by atoms with Crippen molar-refractivity contribution < 1.29 is 9.53 Å². The molecular weight excluding hydrogens is 398 g/mol. The molecule has 4 rings (SSSR count). The summed E-state index contributed by atoms with van der Waals surface area (Å²) in [6, 6.07) is 26.1. The first-order chi connectivity index (χ1) is 15.5. The SMILES string of the molecule is CN(C)C(N)(Cc1ccccc1)C(=O)c1ccccc1-c1ccc(N2CCOCC2)cc1. The molecule has 1 atom stereocenters. The maximum atomic E-state index is 13.8. The summed E-state index contributed by atoms with van der Waals surface area (Å²) in [5.41, 5.74) is 10.4. The van der Waals surface area contributed by atoms with Gasteiger partial charge in [0.15, 0.2) is 5.78 Å². The Morgan fingerprint density at radius 3 is 2.22 bits per heavy atom. The third kappa shape index (κ3) is 4.60. The molecule has 32 heavy (non-hydrogen) atoms. The smallest absolute Gasteiger partial charge is 0.198 e. The highest BCUT2D eigenvalue weighted by Gasteiger charge is 2.38. The van der Waals surface area contributed by atoms with Crippen molar-refractivity contribution in [2.24, 2.45) is 5.73 Å². The number of likely N-dealkylation sites (N-methyl/N-ethyl adjacent to an activating group) is 1. The fourth-order valence-electron chi connectivity index (χ4n) is 4.19. The second-order valence-corrected chi connectivity index (χ2v) is 8.50. The van der Waals surface area contributed by atoms with Crippen LogP contribution in [0.2, 0.25) is 0 Å². The Bertz CT molecular complexity index is 1040. The predicted octanol–water partition coefficient (Wildman–Crippen LogP) is 3.83. The van der Waals surface area contributed by atoms with E-state index in [-0.39, 0.29) is 5.78 Å². The number of rotatable bonds is 7. The summed E-state index contributed by atoms with van der Waals surface area (Å²) in [5.74, 6) is -0.0841. The van der Waals surface area contributed by atoms with E-state index in [0.29, 0.717) is 12.0 Å². The van der Waals surface area contributed by atoms with Gasteiger partial charge in [0.25, 0.3) is 0 Å². The third-order valence-corrected chi connectivity index (χ3v) is 6.23. The molecule has 1 fully saturated rings. The van der Waals surface area contributed by atoms with Gasteiger partial charge in [0, 0.05) is 30.8 Å². The van der Waals surface area contributed by atoms with Crippen molar-refractivity contribution in [1.82, 2.24) is 4.90 Å². The van der Waals surface area contributed by atoms with Gasteiger partial charge in [-0.2, -0.15) is 0 Å². The Morgan fingerprint density at radius 2 is 1.56 bits per heavy atom. The zero-order valence-electron chi connectivity index (χ0n) is 18.8. The first kappa shape index (κ1) is 22.2. The average Bonchev–Trinajstić information content (AvgIpc) is 2.84. The van der Waals surface area contributed by atoms with Crippen LogP contribution in [0, 0.1) is 0 Å². The minimum atomic E-state index is -1.15. The highest BCUT2D eigenvalue weighted by Crippen LogP contribution is 2.30. The van der Waals surface area contributed by atoms with Crippen LogP contribution in [0.3, 0.4) is 0 Å². The summed E-state index contributed by atoms with van der Waals surface area (Å²) in [6.07, 6.45) is 0.435. The molecule has 1 aliphatic heterocycles. The van der Waals surface area contributed by atoms with Crippen LogP contribution in [-0.4, -0.2) is 56.7 Å². The van der Waals surface area contributed by atoms with Crippen molar-refractivity contribution in [3.63, 3.8) is 0 Å². The van der Waals surface area contributed by atoms with E-state index in [1.807, 2.05) is 73.6 Å². The van der Waals surface area contributed by atoms with Gasteiger partial charge in [-0.05, 0) is 42.9 Å². The predicted molar refractivity (Wildman–Crippen MR) is 130 cm³/mol. The number of morpholine rings is 1. The summed E-state index contributed by atoms with van der Waals surface area (Å²) >= 11 is 0. The highest BCUT2D eigenvalue weighted by molar-refractivity contribution is 6.07. The number of nitrogens with two attached hydrogens (primary N) is 1. The third-order valence-electron chi connectivity index (χ3n) is 6.23. The number of anilines is 1. The van der Waals surface area contributed by atoms with Gasteiger partial charge in [0.05, 0.1) is 13.2 Å². The summed E-state index contributed by atoms with van der Waals surface area (Å²) in [5, 5.41) is 0. The molecule has 0 aliphatic carbocycles. The monoisotopic (exact) mass is 429 g/mol. The van der Waals surface area contributed by atoms with Crippen molar-refractivity contribution >= 4 is 11.5 Å².